The zero-order valence-electron chi connectivity index (χ0n) is 14.1. The van der Waals surface area contributed by atoms with Gasteiger partial charge in [0.25, 0.3) is 0 Å². The molecule has 2 aromatic carbocycles. The highest BCUT2D eigenvalue weighted by Gasteiger charge is 2.32. The molecule has 0 fully saturated rings. The molecule has 0 saturated carbocycles. The smallest absolute Gasteiger partial charge is 0.247 e. The van der Waals surface area contributed by atoms with E-state index in [-0.39, 0.29) is 24.4 Å². The van der Waals surface area contributed by atoms with Crippen LogP contribution in [0.1, 0.15) is 18.9 Å². The van der Waals surface area contributed by atoms with Crippen molar-refractivity contribution in [3.8, 4) is 0 Å². The number of thioether (sulfide) groups is 1. The van der Waals surface area contributed by atoms with Crippen molar-refractivity contribution < 1.29 is 9.59 Å². The molecule has 0 radical (unpaired) electrons. The summed E-state index contributed by atoms with van der Waals surface area (Å²) in [7, 11) is 0. The maximum atomic E-state index is 13.1. The number of carbonyl (C=O) groups is 2. The first kappa shape index (κ1) is 16.2. The van der Waals surface area contributed by atoms with Crippen molar-refractivity contribution in [2.75, 3.05) is 22.1 Å². The molecule has 4 nitrogen and oxygen atoms in total. The molecule has 2 aliphatic heterocycles. The molecule has 0 aromatic heterocycles. The molecule has 1 atom stereocenters. The fourth-order valence-corrected chi connectivity index (χ4v) is 4.54. The second kappa shape index (κ2) is 6.56. The second-order valence-corrected chi connectivity index (χ2v) is 7.53. The van der Waals surface area contributed by atoms with Gasteiger partial charge >= 0.3 is 0 Å². The van der Waals surface area contributed by atoms with Gasteiger partial charge in [-0.25, -0.2) is 0 Å². The minimum Gasteiger partial charge on any atom is -0.308 e. The van der Waals surface area contributed by atoms with Crippen molar-refractivity contribution in [2.24, 2.45) is 0 Å². The van der Waals surface area contributed by atoms with Crippen molar-refractivity contribution in [1.82, 2.24) is 0 Å². The van der Waals surface area contributed by atoms with Gasteiger partial charge in [0.2, 0.25) is 11.8 Å². The van der Waals surface area contributed by atoms with Crippen LogP contribution >= 0.6 is 11.8 Å². The zero-order chi connectivity index (χ0) is 17.4. The Morgan fingerprint density at radius 1 is 1.12 bits per heavy atom. The summed E-state index contributed by atoms with van der Waals surface area (Å²) in [6, 6.07) is 16.0. The highest BCUT2D eigenvalue weighted by Crippen LogP contribution is 2.36. The number of anilines is 2. The van der Waals surface area contributed by atoms with Gasteiger partial charge in [0.05, 0.1) is 11.4 Å². The van der Waals surface area contributed by atoms with Gasteiger partial charge in [0, 0.05) is 16.6 Å². The summed E-state index contributed by atoms with van der Waals surface area (Å²) in [6.45, 7) is 2.17. The molecule has 128 valence electrons. The lowest BCUT2D eigenvalue weighted by atomic mass is 9.96. The summed E-state index contributed by atoms with van der Waals surface area (Å²) in [5.41, 5.74) is 3.03. The van der Waals surface area contributed by atoms with Crippen LogP contribution < -0.4 is 9.80 Å². The molecule has 5 heteroatoms. The number of rotatable bonds is 2. The molecule has 0 aliphatic carbocycles. The van der Waals surface area contributed by atoms with Gasteiger partial charge in [-0.1, -0.05) is 30.3 Å². The van der Waals surface area contributed by atoms with Crippen molar-refractivity contribution in [3.05, 3.63) is 54.1 Å². The number of aryl methyl sites for hydroxylation is 1. The van der Waals surface area contributed by atoms with Gasteiger partial charge in [-0.15, -0.1) is 11.8 Å². The molecular weight excluding hydrogens is 332 g/mol. The molecule has 0 spiro atoms. The monoisotopic (exact) mass is 352 g/mol. The van der Waals surface area contributed by atoms with Gasteiger partial charge in [-0.2, -0.15) is 0 Å². The molecule has 0 bridgehead atoms. The molecule has 4 rings (SSSR count). The van der Waals surface area contributed by atoms with E-state index in [1.807, 2.05) is 47.4 Å². The van der Waals surface area contributed by atoms with E-state index in [1.54, 1.807) is 4.90 Å². The Labute approximate surface area is 151 Å². The number of carbonyl (C=O) groups excluding carboxylic acids is 2. The number of para-hydroxylation sites is 2. The molecule has 1 unspecified atom stereocenters. The minimum absolute atomic E-state index is 0.00463. The van der Waals surface area contributed by atoms with Gasteiger partial charge in [-0.05, 0) is 43.5 Å². The lowest BCUT2D eigenvalue weighted by Gasteiger charge is -2.37. The van der Waals surface area contributed by atoms with Gasteiger partial charge < -0.3 is 9.80 Å². The Kier molecular flexibility index (Phi) is 4.25. The number of fused-ring (bicyclic) bond motifs is 2. The Balaban J connectivity index is 1.64. The lowest BCUT2D eigenvalue weighted by molar-refractivity contribution is -0.121. The maximum absolute atomic E-state index is 13.1. The largest absolute Gasteiger partial charge is 0.308 e. The standard InChI is InChI=1S/C20H20N2O2S/c1-14-10-11-15-6-2-3-7-16(15)22(14)19(23)12-21-17-8-4-5-9-18(17)25-13-20(21)24/h2-9,14H,10-13H2,1H3. The summed E-state index contributed by atoms with van der Waals surface area (Å²) in [5, 5.41) is 0. The molecular formula is C20H20N2O2S. The van der Waals surface area contributed by atoms with Crippen LogP contribution in [0.5, 0.6) is 0 Å². The number of hydrogen-bond donors (Lipinski definition) is 0. The Bertz CT molecular complexity index is 836. The highest BCUT2D eigenvalue weighted by molar-refractivity contribution is 8.00. The number of benzene rings is 2. The zero-order valence-corrected chi connectivity index (χ0v) is 15.0. The van der Waals surface area contributed by atoms with Crippen LogP contribution in [0.2, 0.25) is 0 Å². The average molecular weight is 352 g/mol. The maximum Gasteiger partial charge on any atom is 0.247 e. The molecule has 2 aromatic rings. The summed E-state index contributed by atoms with van der Waals surface area (Å²) in [4.78, 5) is 30.1. The van der Waals surface area contributed by atoms with Crippen LogP contribution in [-0.4, -0.2) is 30.2 Å². The van der Waals surface area contributed by atoms with Crippen LogP contribution in [0, 0.1) is 0 Å². The fourth-order valence-electron chi connectivity index (χ4n) is 3.61. The van der Waals surface area contributed by atoms with E-state index >= 15 is 0 Å². The van der Waals surface area contributed by atoms with Crippen molar-refractivity contribution >= 4 is 35.0 Å². The Morgan fingerprint density at radius 2 is 1.84 bits per heavy atom. The summed E-state index contributed by atoms with van der Waals surface area (Å²) in [5.74, 6) is 0.362. The first-order valence-corrected chi connectivity index (χ1v) is 9.56. The Morgan fingerprint density at radius 3 is 2.68 bits per heavy atom. The third kappa shape index (κ3) is 2.93. The third-order valence-corrected chi connectivity index (χ3v) is 5.94. The van der Waals surface area contributed by atoms with Crippen molar-refractivity contribution in [2.45, 2.75) is 30.7 Å². The van der Waals surface area contributed by atoms with Gasteiger partial charge in [0.1, 0.15) is 6.54 Å². The van der Waals surface area contributed by atoms with E-state index in [1.165, 1.54) is 17.3 Å². The van der Waals surface area contributed by atoms with E-state index in [0.717, 1.165) is 29.1 Å². The topological polar surface area (TPSA) is 40.6 Å². The molecule has 2 aliphatic rings. The van der Waals surface area contributed by atoms with E-state index in [4.69, 9.17) is 0 Å². The summed E-state index contributed by atoms with van der Waals surface area (Å²) in [6.07, 6.45) is 1.94. The summed E-state index contributed by atoms with van der Waals surface area (Å²) >= 11 is 1.54. The lowest BCUT2D eigenvalue weighted by Crippen LogP contribution is -2.49. The van der Waals surface area contributed by atoms with Crippen LogP contribution in [0.15, 0.2) is 53.4 Å². The highest BCUT2D eigenvalue weighted by atomic mass is 32.2. The normalized spacial score (nSPS) is 19.4. The molecule has 25 heavy (non-hydrogen) atoms. The van der Waals surface area contributed by atoms with E-state index < -0.39 is 0 Å². The van der Waals surface area contributed by atoms with Crippen molar-refractivity contribution in [1.29, 1.82) is 0 Å². The molecule has 0 N–H and O–H groups in total. The van der Waals surface area contributed by atoms with E-state index in [0.29, 0.717) is 5.75 Å². The second-order valence-electron chi connectivity index (χ2n) is 6.52. The first-order valence-electron chi connectivity index (χ1n) is 8.57. The first-order chi connectivity index (χ1) is 12.1. The predicted octanol–water partition coefficient (Wildman–Crippen LogP) is 3.49. The van der Waals surface area contributed by atoms with E-state index in [9.17, 15) is 9.59 Å². The minimum atomic E-state index is -0.0188. The quantitative estimate of drug-likeness (QED) is 0.831. The number of amides is 2. The number of hydrogen-bond acceptors (Lipinski definition) is 3. The van der Waals surface area contributed by atoms with Crippen LogP contribution in [0.4, 0.5) is 11.4 Å². The van der Waals surface area contributed by atoms with Crippen LogP contribution in [0.3, 0.4) is 0 Å². The van der Waals surface area contributed by atoms with Crippen molar-refractivity contribution in [3.63, 3.8) is 0 Å². The van der Waals surface area contributed by atoms with Gasteiger partial charge in [0.15, 0.2) is 0 Å². The number of nitrogens with zero attached hydrogens (tertiary/aromatic N) is 2. The molecule has 2 heterocycles. The SMILES string of the molecule is CC1CCc2ccccc2N1C(=O)CN1C(=O)CSc2ccccc21. The predicted molar refractivity (Wildman–Crippen MR) is 101 cm³/mol. The molecule has 0 saturated heterocycles. The third-order valence-electron chi connectivity index (χ3n) is 4.89. The molecule has 2 amide bonds. The Hall–Kier alpha value is -2.27. The fraction of sp³-hybridized carbons (Fsp3) is 0.300. The van der Waals surface area contributed by atoms with Crippen LogP contribution in [-0.2, 0) is 16.0 Å². The van der Waals surface area contributed by atoms with E-state index in [2.05, 4.69) is 13.0 Å². The summed E-state index contributed by atoms with van der Waals surface area (Å²) < 4.78 is 0. The van der Waals surface area contributed by atoms with Gasteiger partial charge in [-0.3, -0.25) is 9.59 Å². The van der Waals surface area contributed by atoms with Crippen LogP contribution in [0.25, 0.3) is 0 Å². The average Bonchev–Trinajstić information content (AvgIpc) is 2.64.